The highest BCUT2D eigenvalue weighted by molar-refractivity contribution is 9.10. The number of carbonyl (C=O) groups is 1. The Morgan fingerprint density at radius 2 is 2.25 bits per heavy atom. The molecule has 5 heteroatoms. The quantitative estimate of drug-likeness (QED) is 0.798. The number of halogens is 1. The molecule has 16 heavy (non-hydrogen) atoms. The van der Waals surface area contributed by atoms with Gasteiger partial charge in [0.15, 0.2) is 0 Å². The van der Waals surface area contributed by atoms with Crippen molar-refractivity contribution in [3.05, 3.63) is 28.2 Å². The Hall–Kier alpha value is -1.07. The Bertz CT molecular complexity index is 382. The first-order chi connectivity index (χ1) is 7.52. The minimum absolute atomic E-state index is 0.0766. The van der Waals surface area contributed by atoms with Crippen molar-refractivity contribution in [2.75, 3.05) is 11.9 Å². The molecular formula is C11H15BrN2O2. The maximum atomic E-state index is 11.5. The number of hydrogen-bond acceptors (Lipinski definition) is 2. The molecule has 0 radical (unpaired) electrons. The smallest absolute Gasteiger partial charge is 0.319 e. The molecular weight excluding hydrogens is 272 g/mol. The first kappa shape index (κ1) is 13.0. The van der Waals surface area contributed by atoms with Gasteiger partial charge in [0, 0.05) is 10.2 Å². The maximum absolute atomic E-state index is 11.5. The molecule has 0 spiro atoms. The van der Waals surface area contributed by atoms with Crippen molar-refractivity contribution in [1.29, 1.82) is 0 Å². The predicted octanol–water partition coefficient (Wildman–Crippen LogP) is 2.26. The number of carbonyl (C=O) groups excluding carboxylic acids is 1. The van der Waals surface area contributed by atoms with Gasteiger partial charge in [0.25, 0.3) is 0 Å². The summed E-state index contributed by atoms with van der Waals surface area (Å²) < 4.78 is 0.972. The first-order valence-corrected chi connectivity index (χ1v) is 5.76. The molecule has 1 rings (SSSR count). The van der Waals surface area contributed by atoms with Crippen LogP contribution in [0.2, 0.25) is 0 Å². The number of urea groups is 1. The maximum Gasteiger partial charge on any atom is 0.319 e. The summed E-state index contributed by atoms with van der Waals surface area (Å²) in [6, 6.07) is 5.04. The summed E-state index contributed by atoms with van der Waals surface area (Å²) in [5, 5.41) is 14.1. The summed E-state index contributed by atoms with van der Waals surface area (Å²) in [4.78, 5) is 11.5. The SMILES string of the molecule is Cc1cc(Br)ccc1NC(=O)N[C@@H](C)CO. The second-order valence-corrected chi connectivity index (χ2v) is 4.56. The van der Waals surface area contributed by atoms with Crippen molar-refractivity contribution >= 4 is 27.6 Å². The summed E-state index contributed by atoms with van der Waals surface area (Å²) in [5.41, 5.74) is 1.73. The molecule has 0 aliphatic rings. The minimum Gasteiger partial charge on any atom is -0.394 e. The Labute approximate surface area is 103 Å². The average Bonchev–Trinajstić information content (AvgIpc) is 2.22. The van der Waals surface area contributed by atoms with E-state index in [1.165, 1.54) is 0 Å². The molecule has 1 aromatic rings. The van der Waals surface area contributed by atoms with Crippen LogP contribution < -0.4 is 10.6 Å². The lowest BCUT2D eigenvalue weighted by molar-refractivity contribution is 0.229. The minimum atomic E-state index is -0.313. The molecule has 0 aliphatic heterocycles. The molecule has 4 nitrogen and oxygen atoms in total. The first-order valence-electron chi connectivity index (χ1n) is 4.97. The molecule has 0 bridgehead atoms. The lowest BCUT2D eigenvalue weighted by Crippen LogP contribution is -2.38. The van der Waals surface area contributed by atoms with Crippen molar-refractivity contribution in [3.63, 3.8) is 0 Å². The average molecular weight is 287 g/mol. The molecule has 0 saturated carbocycles. The lowest BCUT2D eigenvalue weighted by atomic mass is 10.2. The summed E-state index contributed by atoms with van der Waals surface area (Å²) >= 11 is 3.35. The van der Waals surface area contributed by atoms with E-state index in [9.17, 15) is 4.79 Å². The van der Waals surface area contributed by atoms with E-state index in [4.69, 9.17) is 5.11 Å². The van der Waals surface area contributed by atoms with Crippen LogP contribution in [-0.4, -0.2) is 23.8 Å². The van der Waals surface area contributed by atoms with E-state index in [0.29, 0.717) is 0 Å². The number of hydrogen-bond donors (Lipinski definition) is 3. The van der Waals surface area contributed by atoms with Gasteiger partial charge in [0.05, 0.1) is 12.6 Å². The van der Waals surface area contributed by atoms with E-state index < -0.39 is 0 Å². The molecule has 2 amide bonds. The third-order valence-electron chi connectivity index (χ3n) is 2.09. The zero-order chi connectivity index (χ0) is 12.1. The van der Waals surface area contributed by atoms with Crippen LogP contribution in [0.3, 0.4) is 0 Å². The monoisotopic (exact) mass is 286 g/mol. The fourth-order valence-electron chi connectivity index (χ4n) is 1.20. The van der Waals surface area contributed by atoms with E-state index in [1.54, 1.807) is 6.92 Å². The van der Waals surface area contributed by atoms with E-state index in [2.05, 4.69) is 26.6 Å². The van der Waals surface area contributed by atoms with Gasteiger partial charge in [-0.1, -0.05) is 15.9 Å². The van der Waals surface area contributed by atoms with Crippen molar-refractivity contribution < 1.29 is 9.90 Å². The fraction of sp³-hybridized carbons (Fsp3) is 0.364. The Balaban J connectivity index is 2.63. The standard InChI is InChI=1S/C11H15BrN2O2/c1-7-5-9(12)3-4-10(7)14-11(16)13-8(2)6-15/h3-5,8,15H,6H2,1-2H3,(H2,13,14,16)/t8-/m0/s1. The number of rotatable bonds is 3. The van der Waals surface area contributed by atoms with Crippen LogP contribution >= 0.6 is 15.9 Å². The summed E-state index contributed by atoms with van der Waals surface area (Å²) in [6.07, 6.45) is 0. The molecule has 88 valence electrons. The molecule has 3 N–H and O–H groups in total. The number of aliphatic hydroxyl groups is 1. The van der Waals surface area contributed by atoms with E-state index in [1.807, 2.05) is 25.1 Å². The van der Waals surface area contributed by atoms with Crippen LogP contribution in [0.4, 0.5) is 10.5 Å². The second kappa shape index (κ2) is 5.86. The zero-order valence-corrected chi connectivity index (χ0v) is 10.8. The van der Waals surface area contributed by atoms with Gasteiger partial charge in [-0.2, -0.15) is 0 Å². The van der Waals surface area contributed by atoms with Crippen molar-refractivity contribution in [2.24, 2.45) is 0 Å². The van der Waals surface area contributed by atoms with Crippen LogP contribution in [0.1, 0.15) is 12.5 Å². The molecule has 0 fully saturated rings. The molecule has 1 aromatic carbocycles. The zero-order valence-electron chi connectivity index (χ0n) is 9.25. The van der Waals surface area contributed by atoms with Gasteiger partial charge in [-0.25, -0.2) is 4.79 Å². The second-order valence-electron chi connectivity index (χ2n) is 3.64. The number of nitrogens with one attached hydrogen (secondary N) is 2. The lowest BCUT2D eigenvalue weighted by Gasteiger charge is -2.13. The van der Waals surface area contributed by atoms with Crippen LogP contribution in [0.5, 0.6) is 0 Å². The Morgan fingerprint density at radius 1 is 1.56 bits per heavy atom. The van der Waals surface area contributed by atoms with Gasteiger partial charge in [-0.3, -0.25) is 0 Å². The van der Waals surface area contributed by atoms with E-state index in [-0.39, 0.29) is 18.7 Å². The Kier molecular flexibility index (Phi) is 4.76. The van der Waals surface area contributed by atoms with Crippen LogP contribution in [0, 0.1) is 6.92 Å². The largest absolute Gasteiger partial charge is 0.394 e. The number of anilines is 1. The Morgan fingerprint density at radius 3 is 2.81 bits per heavy atom. The van der Waals surface area contributed by atoms with Crippen molar-refractivity contribution in [3.8, 4) is 0 Å². The van der Waals surface area contributed by atoms with Gasteiger partial charge in [-0.15, -0.1) is 0 Å². The number of aliphatic hydroxyl groups excluding tert-OH is 1. The third-order valence-corrected chi connectivity index (χ3v) is 2.58. The topological polar surface area (TPSA) is 61.4 Å². The normalized spacial score (nSPS) is 12.0. The molecule has 0 saturated heterocycles. The van der Waals surface area contributed by atoms with Crippen LogP contribution in [0.15, 0.2) is 22.7 Å². The molecule has 0 heterocycles. The van der Waals surface area contributed by atoms with E-state index in [0.717, 1.165) is 15.7 Å². The van der Waals surface area contributed by atoms with Gasteiger partial charge in [0.1, 0.15) is 0 Å². The predicted molar refractivity (Wildman–Crippen MR) is 67.6 cm³/mol. The van der Waals surface area contributed by atoms with Gasteiger partial charge in [-0.05, 0) is 37.6 Å². The van der Waals surface area contributed by atoms with Gasteiger partial charge in [0.2, 0.25) is 0 Å². The van der Waals surface area contributed by atoms with Crippen LogP contribution in [0.25, 0.3) is 0 Å². The number of aryl methyl sites for hydroxylation is 1. The number of benzene rings is 1. The highest BCUT2D eigenvalue weighted by Gasteiger charge is 2.07. The van der Waals surface area contributed by atoms with Crippen LogP contribution in [-0.2, 0) is 0 Å². The molecule has 0 unspecified atom stereocenters. The van der Waals surface area contributed by atoms with Crippen molar-refractivity contribution in [2.45, 2.75) is 19.9 Å². The van der Waals surface area contributed by atoms with Gasteiger partial charge >= 0.3 is 6.03 Å². The highest BCUT2D eigenvalue weighted by Crippen LogP contribution is 2.19. The summed E-state index contributed by atoms with van der Waals surface area (Å²) in [5.74, 6) is 0. The van der Waals surface area contributed by atoms with Gasteiger partial charge < -0.3 is 15.7 Å². The molecule has 0 aromatic heterocycles. The number of amides is 2. The van der Waals surface area contributed by atoms with Crippen molar-refractivity contribution in [1.82, 2.24) is 5.32 Å². The molecule has 1 atom stereocenters. The summed E-state index contributed by atoms with van der Waals surface area (Å²) in [7, 11) is 0. The van der Waals surface area contributed by atoms with E-state index >= 15 is 0 Å². The summed E-state index contributed by atoms with van der Waals surface area (Å²) in [6.45, 7) is 3.57. The molecule has 0 aliphatic carbocycles. The fourth-order valence-corrected chi connectivity index (χ4v) is 1.67. The highest BCUT2D eigenvalue weighted by atomic mass is 79.9. The third kappa shape index (κ3) is 3.83.